The Labute approximate surface area is 111 Å². The molecule has 2 aromatic rings. The van der Waals surface area contributed by atoms with Crippen LogP contribution in [-0.4, -0.2) is 12.3 Å². The third-order valence-corrected chi connectivity index (χ3v) is 3.56. The van der Waals surface area contributed by atoms with Crippen LogP contribution in [0.5, 0.6) is 0 Å². The van der Waals surface area contributed by atoms with Crippen LogP contribution in [0.4, 0.5) is 10.1 Å². The van der Waals surface area contributed by atoms with Gasteiger partial charge in [0.25, 0.3) is 0 Å². The zero-order valence-electron chi connectivity index (χ0n) is 10.1. The molecule has 0 saturated carbocycles. The SMILES string of the molecule is Fc1ccc(NCCSCc2ccccc2)cc1. The van der Waals surface area contributed by atoms with E-state index in [1.54, 1.807) is 12.1 Å². The quantitative estimate of drug-likeness (QED) is 0.783. The summed E-state index contributed by atoms with van der Waals surface area (Å²) in [5, 5.41) is 3.27. The molecule has 2 rings (SSSR count). The molecule has 0 amide bonds. The summed E-state index contributed by atoms with van der Waals surface area (Å²) in [6.07, 6.45) is 0. The summed E-state index contributed by atoms with van der Waals surface area (Å²) in [5.41, 5.74) is 2.32. The Morgan fingerprint density at radius 3 is 2.39 bits per heavy atom. The van der Waals surface area contributed by atoms with E-state index in [-0.39, 0.29) is 5.82 Å². The zero-order valence-corrected chi connectivity index (χ0v) is 10.9. The van der Waals surface area contributed by atoms with Gasteiger partial charge in [0.1, 0.15) is 5.82 Å². The molecule has 0 aromatic heterocycles. The van der Waals surface area contributed by atoms with Crippen LogP contribution in [0.25, 0.3) is 0 Å². The third-order valence-electron chi connectivity index (χ3n) is 2.53. The second-order valence-electron chi connectivity index (χ2n) is 3.97. The normalized spacial score (nSPS) is 10.3. The molecule has 0 heterocycles. The maximum Gasteiger partial charge on any atom is 0.123 e. The molecule has 0 fully saturated rings. The predicted molar refractivity (Wildman–Crippen MR) is 77.5 cm³/mol. The first-order valence-electron chi connectivity index (χ1n) is 5.96. The number of hydrogen-bond donors (Lipinski definition) is 1. The number of halogens is 1. The van der Waals surface area contributed by atoms with E-state index in [2.05, 4.69) is 29.6 Å². The summed E-state index contributed by atoms with van der Waals surface area (Å²) >= 11 is 1.89. The highest BCUT2D eigenvalue weighted by molar-refractivity contribution is 7.98. The molecule has 0 aliphatic heterocycles. The molecule has 1 N–H and O–H groups in total. The van der Waals surface area contributed by atoms with Crippen LogP contribution >= 0.6 is 11.8 Å². The Hall–Kier alpha value is -1.48. The minimum absolute atomic E-state index is 0.195. The van der Waals surface area contributed by atoms with Crippen LogP contribution in [0.15, 0.2) is 54.6 Å². The van der Waals surface area contributed by atoms with Gasteiger partial charge in [-0.15, -0.1) is 0 Å². The van der Waals surface area contributed by atoms with Gasteiger partial charge >= 0.3 is 0 Å². The molecule has 0 aliphatic carbocycles. The lowest BCUT2D eigenvalue weighted by Gasteiger charge is -2.06. The van der Waals surface area contributed by atoms with Crippen LogP contribution in [0.3, 0.4) is 0 Å². The summed E-state index contributed by atoms with van der Waals surface area (Å²) in [5.74, 6) is 1.87. The molecule has 1 nitrogen and oxygen atoms in total. The number of benzene rings is 2. The van der Waals surface area contributed by atoms with Gasteiger partial charge in [0.15, 0.2) is 0 Å². The molecule has 0 spiro atoms. The summed E-state index contributed by atoms with van der Waals surface area (Å²) < 4.78 is 12.7. The Bertz CT molecular complexity index is 456. The highest BCUT2D eigenvalue weighted by Gasteiger charge is 1.94. The van der Waals surface area contributed by atoms with E-state index in [0.717, 1.165) is 23.7 Å². The summed E-state index contributed by atoms with van der Waals surface area (Å²) in [4.78, 5) is 0. The lowest BCUT2D eigenvalue weighted by molar-refractivity contribution is 0.628. The van der Waals surface area contributed by atoms with Gasteiger partial charge in [-0.1, -0.05) is 30.3 Å². The van der Waals surface area contributed by atoms with Crippen LogP contribution < -0.4 is 5.32 Å². The van der Waals surface area contributed by atoms with Crippen molar-refractivity contribution in [3.8, 4) is 0 Å². The summed E-state index contributed by atoms with van der Waals surface area (Å²) in [7, 11) is 0. The van der Waals surface area contributed by atoms with Gasteiger partial charge in [0.2, 0.25) is 0 Å². The molecule has 18 heavy (non-hydrogen) atoms. The molecule has 0 radical (unpaired) electrons. The smallest absolute Gasteiger partial charge is 0.123 e. The minimum Gasteiger partial charge on any atom is -0.384 e. The average Bonchev–Trinajstić information content (AvgIpc) is 2.42. The number of hydrogen-bond acceptors (Lipinski definition) is 2. The number of nitrogens with one attached hydrogen (secondary N) is 1. The molecule has 3 heteroatoms. The van der Waals surface area contributed by atoms with Gasteiger partial charge in [-0.05, 0) is 29.8 Å². The van der Waals surface area contributed by atoms with Crippen molar-refractivity contribution in [3.05, 3.63) is 66.0 Å². The van der Waals surface area contributed by atoms with Crippen LogP contribution in [-0.2, 0) is 5.75 Å². The fourth-order valence-electron chi connectivity index (χ4n) is 1.60. The van der Waals surface area contributed by atoms with Gasteiger partial charge < -0.3 is 5.32 Å². The maximum absolute atomic E-state index is 12.7. The molecule has 94 valence electrons. The van der Waals surface area contributed by atoms with Crippen molar-refractivity contribution in [3.63, 3.8) is 0 Å². The first kappa shape index (κ1) is 13.0. The van der Waals surface area contributed by atoms with Crippen LogP contribution in [0, 0.1) is 5.82 Å². The lowest BCUT2D eigenvalue weighted by Crippen LogP contribution is -2.04. The van der Waals surface area contributed by atoms with Crippen molar-refractivity contribution in [1.82, 2.24) is 0 Å². The number of thioether (sulfide) groups is 1. The molecule has 0 unspecified atom stereocenters. The van der Waals surface area contributed by atoms with Crippen molar-refractivity contribution < 1.29 is 4.39 Å². The van der Waals surface area contributed by atoms with Gasteiger partial charge in [-0.3, -0.25) is 0 Å². The van der Waals surface area contributed by atoms with Gasteiger partial charge in [-0.2, -0.15) is 11.8 Å². The van der Waals surface area contributed by atoms with Crippen LogP contribution in [0.2, 0.25) is 0 Å². The summed E-state index contributed by atoms with van der Waals surface area (Å²) in [6.45, 7) is 0.892. The zero-order chi connectivity index (χ0) is 12.6. The highest BCUT2D eigenvalue weighted by Crippen LogP contribution is 2.12. The van der Waals surface area contributed by atoms with E-state index >= 15 is 0 Å². The van der Waals surface area contributed by atoms with Crippen molar-refractivity contribution in [2.75, 3.05) is 17.6 Å². The topological polar surface area (TPSA) is 12.0 Å². The second kappa shape index (κ2) is 7.07. The van der Waals surface area contributed by atoms with E-state index in [9.17, 15) is 4.39 Å². The van der Waals surface area contributed by atoms with E-state index in [0.29, 0.717) is 0 Å². The predicted octanol–water partition coefficient (Wildman–Crippen LogP) is 4.17. The van der Waals surface area contributed by atoms with Crippen LogP contribution in [0.1, 0.15) is 5.56 Å². The van der Waals surface area contributed by atoms with Crippen molar-refractivity contribution in [2.24, 2.45) is 0 Å². The van der Waals surface area contributed by atoms with E-state index in [1.165, 1.54) is 17.7 Å². The third kappa shape index (κ3) is 4.41. The number of anilines is 1. The lowest BCUT2D eigenvalue weighted by atomic mass is 10.2. The van der Waals surface area contributed by atoms with Gasteiger partial charge in [-0.25, -0.2) is 4.39 Å². The van der Waals surface area contributed by atoms with Gasteiger partial charge in [0, 0.05) is 23.7 Å². The molecule has 0 atom stereocenters. The number of rotatable bonds is 6. The Kier molecular flexibility index (Phi) is 5.09. The molecule has 0 saturated heterocycles. The fraction of sp³-hybridized carbons (Fsp3) is 0.200. The molecular formula is C15H16FNS. The van der Waals surface area contributed by atoms with Crippen molar-refractivity contribution in [2.45, 2.75) is 5.75 Å². The largest absolute Gasteiger partial charge is 0.384 e. The molecule has 2 aromatic carbocycles. The molecule has 0 bridgehead atoms. The first-order chi connectivity index (χ1) is 8.84. The average molecular weight is 261 g/mol. The van der Waals surface area contributed by atoms with Crippen molar-refractivity contribution >= 4 is 17.4 Å². The standard InChI is InChI=1S/C15H16FNS/c16-14-6-8-15(9-7-14)17-10-11-18-12-13-4-2-1-3-5-13/h1-9,17H,10-12H2. The highest BCUT2D eigenvalue weighted by atomic mass is 32.2. The Morgan fingerprint density at radius 2 is 1.67 bits per heavy atom. The monoisotopic (exact) mass is 261 g/mol. The summed E-state index contributed by atoms with van der Waals surface area (Å²) in [6, 6.07) is 16.9. The fourth-order valence-corrected chi connectivity index (χ4v) is 2.42. The van der Waals surface area contributed by atoms with E-state index in [4.69, 9.17) is 0 Å². The Morgan fingerprint density at radius 1 is 0.944 bits per heavy atom. The van der Waals surface area contributed by atoms with Gasteiger partial charge in [0.05, 0.1) is 0 Å². The Balaban J connectivity index is 1.63. The van der Waals surface area contributed by atoms with E-state index < -0.39 is 0 Å². The maximum atomic E-state index is 12.7. The molecule has 0 aliphatic rings. The van der Waals surface area contributed by atoms with E-state index in [1.807, 2.05) is 17.8 Å². The first-order valence-corrected chi connectivity index (χ1v) is 7.11. The molecular weight excluding hydrogens is 245 g/mol. The second-order valence-corrected chi connectivity index (χ2v) is 5.08. The minimum atomic E-state index is -0.195. The van der Waals surface area contributed by atoms with Crippen molar-refractivity contribution in [1.29, 1.82) is 0 Å².